The molecule has 1 atom stereocenters. The zero-order valence-electron chi connectivity index (χ0n) is 20.1. The maximum Gasteiger partial charge on any atom is 0.267 e. The van der Waals surface area contributed by atoms with E-state index in [-0.39, 0.29) is 12.5 Å². The fraction of sp³-hybridized carbons (Fsp3) is 0.100. The number of nitrogens with one attached hydrogen (secondary N) is 2. The van der Waals surface area contributed by atoms with E-state index in [1.807, 2.05) is 72.8 Å². The van der Waals surface area contributed by atoms with Crippen LogP contribution < -0.4 is 10.8 Å². The van der Waals surface area contributed by atoms with Crippen LogP contribution in [0.3, 0.4) is 0 Å². The van der Waals surface area contributed by atoms with Crippen molar-refractivity contribution in [2.45, 2.75) is 19.1 Å². The van der Waals surface area contributed by atoms with Gasteiger partial charge < -0.3 is 10.2 Å². The molecular formula is C30H27N3O4. The SMILES string of the molecule is O=CN(Cc1cccc2ccccc12)C(C(=O)NCc1ccccc1)c1cccc(/C=C/C(=O)NO)c1. The summed E-state index contributed by atoms with van der Waals surface area (Å²) in [7, 11) is 0. The first kappa shape index (κ1) is 25.3. The molecule has 4 rings (SSSR count). The number of hydrogen-bond acceptors (Lipinski definition) is 4. The molecule has 3 N–H and O–H groups in total. The Hall–Kier alpha value is -4.75. The zero-order valence-corrected chi connectivity index (χ0v) is 20.1. The minimum Gasteiger partial charge on any atom is -0.350 e. The third kappa shape index (κ3) is 6.48. The summed E-state index contributed by atoms with van der Waals surface area (Å²) in [4.78, 5) is 38.9. The van der Waals surface area contributed by atoms with Crippen LogP contribution in [-0.4, -0.2) is 28.3 Å². The summed E-state index contributed by atoms with van der Waals surface area (Å²) >= 11 is 0. The Morgan fingerprint density at radius 1 is 0.892 bits per heavy atom. The number of fused-ring (bicyclic) bond motifs is 1. The molecule has 0 spiro atoms. The molecule has 0 bridgehead atoms. The lowest BCUT2D eigenvalue weighted by Gasteiger charge is -2.28. The van der Waals surface area contributed by atoms with Crippen molar-refractivity contribution in [3.8, 4) is 0 Å². The predicted octanol–water partition coefficient (Wildman–Crippen LogP) is 4.37. The number of carbonyl (C=O) groups excluding carboxylic acids is 3. The third-order valence-electron chi connectivity index (χ3n) is 6.02. The van der Waals surface area contributed by atoms with Crippen LogP contribution in [0.5, 0.6) is 0 Å². The van der Waals surface area contributed by atoms with E-state index in [0.29, 0.717) is 24.1 Å². The maximum absolute atomic E-state index is 13.6. The molecule has 0 aliphatic carbocycles. The quantitative estimate of drug-likeness (QED) is 0.132. The van der Waals surface area contributed by atoms with Gasteiger partial charge in [0.05, 0.1) is 0 Å². The summed E-state index contributed by atoms with van der Waals surface area (Å²) in [6.07, 6.45) is 3.39. The Bertz CT molecular complexity index is 1410. The highest BCUT2D eigenvalue weighted by Crippen LogP contribution is 2.26. The molecule has 0 aromatic heterocycles. The summed E-state index contributed by atoms with van der Waals surface area (Å²) in [5.41, 5.74) is 4.63. The summed E-state index contributed by atoms with van der Waals surface area (Å²) in [6.45, 7) is 0.536. The van der Waals surface area contributed by atoms with Gasteiger partial charge in [-0.25, -0.2) is 5.48 Å². The second-order valence-electron chi connectivity index (χ2n) is 8.50. The molecular weight excluding hydrogens is 466 g/mol. The summed E-state index contributed by atoms with van der Waals surface area (Å²) in [5, 5.41) is 13.8. The number of amides is 3. The van der Waals surface area contributed by atoms with Crippen LogP contribution in [0, 0.1) is 0 Å². The molecule has 0 saturated heterocycles. The molecule has 4 aromatic rings. The topological polar surface area (TPSA) is 98.7 Å². The van der Waals surface area contributed by atoms with Crippen LogP contribution in [0.2, 0.25) is 0 Å². The van der Waals surface area contributed by atoms with Crippen LogP contribution in [0.15, 0.2) is 103 Å². The molecule has 1 unspecified atom stereocenters. The predicted molar refractivity (Wildman–Crippen MR) is 142 cm³/mol. The molecule has 0 aliphatic heterocycles. The molecule has 7 heteroatoms. The fourth-order valence-corrected chi connectivity index (χ4v) is 4.23. The van der Waals surface area contributed by atoms with Gasteiger partial charge in [-0.3, -0.25) is 19.6 Å². The standard InChI is InChI=1S/C30H27N3O4/c34-21-33(20-26-14-7-12-24-11-4-5-15-27(24)26)29(30(36)31-19-23-8-2-1-3-9-23)25-13-6-10-22(18-25)16-17-28(35)32-37/h1-18,21,29,37H,19-20H2,(H,31,36)(H,32,35)/b17-16+. The van der Waals surface area contributed by atoms with E-state index in [2.05, 4.69) is 5.32 Å². The monoisotopic (exact) mass is 493 g/mol. The van der Waals surface area contributed by atoms with Gasteiger partial charge in [0.15, 0.2) is 0 Å². The van der Waals surface area contributed by atoms with Gasteiger partial charge in [0.2, 0.25) is 12.3 Å². The molecule has 7 nitrogen and oxygen atoms in total. The Morgan fingerprint density at radius 2 is 1.62 bits per heavy atom. The highest BCUT2D eigenvalue weighted by Gasteiger charge is 2.27. The van der Waals surface area contributed by atoms with Crippen LogP contribution in [-0.2, 0) is 27.5 Å². The van der Waals surface area contributed by atoms with E-state index in [1.165, 1.54) is 17.1 Å². The number of carbonyl (C=O) groups is 3. The highest BCUT2D eigenvalue weighted by atomic mass is 16.5. The van der Waals surface area contributed by atoms with Crippen molar-refractivity contribution in [1.29, 1.82) is 0 Å². The number of hydroxylamine groups is 1. The smallest absolute Gasteiger partial charge is 0.267 e. The van der Waals surface area contributed by atoms with Gasteiger partial charge in [0.25, 0.3) is 5.91 Å². The molecule has 0 saturated carbocycles. The average molecular weight is 494 g/mol. The van der Waals surface area contributed by atoms with E-state index >= 15 is 0 Å². The normalized spacial score (nSPS) is 11.7. The van der Waals surface area contributed by atoms with Gasteiger partial charge in [-0.15, -0.1) is 0 Å². The summed E-state index contributed by atoms with van der Waals surface area (Å²) < 4.78 is 0. The Labute approximate surface area is 215 Å². The Kier molecular flexibility index (Phi) is 8.41. The van der Waals surface area contributed by atoms with Crippen molar-refractivity contribution in [1.82, 2.24) is 15.7 Å². The third-order valence-corrected chi connectivity index (χ3v) is 6.02. The Morgan fingerprint density at radius 3 is 2.41 bits per heavy atom. The van der Waals surface area contributed by atoms with Crippen molar-refractivity contribution < 1.29 is 19.6 Å². The first-order chi connectivity index (χ1) is 18.1. The number of nitrogens with zero attached hydrogens (tertiary/aromatic N) is 1. The molecule has 186 valence electrons. The minimum atomic E-state index is -0.916. The summed E-state index contributed by atoms with van der Waals surface area (Å²) in [5.74, 6) is -1.00. The van der Waals surface area contributed by atoms with Gasteiger partial charge >= 0.3 is 0 Å². The van der Waals surface area contributed by atoms with Crippen molar-refractivity contribution >= 4 is 35.1 Å². The first-order valence-corrected chi connectivity index (χ1v) is 11.8. The molecule has 0 radical (unpaired) electrons. The molecule has 0 heterocycles. The van der Waals surface area contributed by atoms with Gasteiger partial charge in [0, 0.05) is 19.2 Å². The van der Waals surface area contributed by atoms with Crippen molar-refractivity contribution in [2.24, 2.45) is 0 Å². The minimum absolute atomic E-state index is 0.223. The summed E-state index contributed by atoms with van der Waals surface area (Å²) in [6, 6.07) is 29.4. The van der Waals surface area contributed by atoms with E-state index in [9.17, 15) is 14.4 Å². The lowest BCUT2D eigenvalue weighted by molar-refractivity contribution is -0.133. The second kappa shape index (κ2) is 12.3. The van der Waals surface area contributed by atoms with Crippen LogP contribution in [0.25, 0.3) is 16.8 Å². The fourth-order valence-electron chi connectivity index (χ4n) is 4.23. The van der Waals surface area contributed by atoms with Gasteiger partial charge in [-0.05, 0) is 45.2 Å². The molecule has 3 amide bonds. The highest BCUT2D eigenvalue weighted by molar-refractivity contribution is 5.91. The first-order valence-electron chi connectivity index (χ1n) is 11.8. The number of hydrogen-bond donors (Lipinski definition) is 3. The van der Waals surface area contributed by atoms with Crippen LogP contribution in [0.1, 0.15) is 28.3 Å². The van der Waals surface area contributed by atoms with Gasteiger partial charge in [0.1, 0.15) is 6.04 Å². The molecule has 37 heavy (non-hydrogen) atoms. The maximum atomic E-state index is 13.6. The lowest BCUT2D eigenvalue weighted by atomic mass is 9.99. The second-order valence-corrected chi connectivity index (χ2v) is 8.50. The zero-order chi connectivity index (χ0) is 26.0. The number of rotatable bonds is 10. The average Bonchev–Trinajstić information content (AvgIpc) is 2.95. The van der Waals surface area contributed by atoms with Gasteiger partial charge in [-0.1, -0.05) is 91.0 Å². The largest absolute Gasteiger partial charge is 0.350 e. The lowest BCUT2D eigenvalue weighted by Crippen LogP contribution is -2.39. The van der Waals surface area contributed by atoms with Crippen LogP contribution in [0.4, 0.5) is 0 Å². The van der Waals surface area contributed by atoms with E-state index in [4.69, 9.17) is 5.21 Å². The molecule has 4 aromatic carbocycles. The van der Waals surface area contributed by atoms with Crippen LogP contribution >= 0.6 is 0 Å². The van der Waals surface area contributed by atoms with Gasteiger partial charge in [-0.2, -0.15) is 0 Å². The van der Waals surface area contributed by atoms with E-state index in [0.717, 1.165) is 21.9 Å². The van der Waals surface area contributed by atoms with E-state index < -0.39 is 11.9 Å². The van der Waals surface area contributed by atoms with Crippen molar-refractivity contribution in [2.75, 3.05) is 0 Å². The van der Waals surface area contributed by atoms with Crippen molar-refractivity contribution in [3.05, 3.63) is 125 Å². The molecule has 0 aliphatic rings. The van der Waals surface area contributed by atoms with E-state index in [1.54, 1.807) is 29.7 Å². The Balaban J connectivity index is 1.68. The van der Waals surface area contributed by atoms with Crippen molar-refractivity contribution in [3.63, 3.8) is 0 Å². The number of benzene rings is 4. The molecule has 0 fully saturated rings.